The van der Waals surface area contributed by atoms with E-state index in [0.717, 1.165) is 24.3 Å². The number of benzene rings is 2. The summed E-state index contributed by atoms with van der Waals surface area (Å²) in [5.74, 6) is -0.397. The number of fused-ring (bicyclic) bond motifs is 1. The van der Waals surface area contributed by atoms with Gasteiger partial charge in [-0.25, -0.2) is 4.39 Å². The lowest BCUT2D eigenvalue weighted by atomic mass is 10.1. The fourth-order valence-corrected chi connectivity index (χ4v) is 2.97. The van der Waals surface area contributed by atoms with Gasteiger partial charge >= 0.3 is 0 Å². The second kappa shape index (κ2) is 5.84. The fraction of sp³-hybridized carbons (Fsp3) is 0.188. The van der Waals surface area contributed by atoms with Crippen molar-refractivity contribution in [2.75, 3.05) is 18.0 Å². The van der Waals surface area contributed by atoms with Crippen molar-refractivity contribution in [2.24, 2.45) is 0 Å². The molecule has 0 aliphatic carbocycles. The minimum atomic E-state index is -0.397. The average molecular weight is 346 g/mol. The fourth-order valence-electron chi connectivity index (χ4n) is 2.54. The molecule has 0 fully saturated rings. The lowest BCUT2D eigenvalue weighted by Gasteiger charge is -2.25. The van der Waals surface area contributed by atoms with Crippen LogP contribution in [0.1, 0.15) is 11.1 Å². The van der Waals surface area contributed by atoms with Crippen LogP contribution in [0.3, 0.4) is 0 Å². The molecule has 0 spiro atoms. The Morgan fingerprint density at radius 1 is 1.19 bits per heavy atom. The minimum Gasteiger partial charge on any atom is -0.338 e. The van der Waals surface area contributed by atoms with E-state index in [-0.39, 0.29) is 4.47 Å². The Hall–Kier alpha value is -1.90. The van der Waals surface area contributed by atoms with E-state index in [1.807, 2.05) is 35.2 Å². The predicted octanol–water partition coefficient (Wildman–Crippen LogP) is 3.70. The Kier molecular flexibility index (Phi) is 3.91. The minimum absolute atomic E-state index is 0.220. The van der Waals surface area contributed by atoms with Gasteiger partial charge in [-0.2, -0.15) is 5.26 Å². The molecule has 1 N–H and O–H groups in total. The van der Waals surface area contributed by atoms with E-state index in [4.69, 9.17) is 5.26 Å². The van der Waals surface area contributed by atoms with Gasteiger partial charge in [0.2, 0.25) is 0 Å². The lowest BCUT2D eigenvalue weighted by Crippen LogP contribution is -2.25. The van der Waals surface area contributed by atoms with Crippen molar-refractivity contribution < 1.29 is 4.39 Å². The van der Waals surface area contributed by atoms with Crippen LogP contribution in [0.15, 0.2) is 40.9 Å². The normalized spacial score (nSPS) is 14.2. The Morgan fingerprint density at radius 2 is 2.00 bits per heavy atom. The van der Waals surface area contributed by atoms with Gasteiger partial charge in [0.1, 0.15) is 6.07 Å². The molecular weight excluding hydrogens is 333 g/mol. The maximum absolute atomic E-state index is 14.6. The highest BCUT2D eigenvalue weighted by molar-refractivity contribution is 9.10. The zero-order valence-electron chi connectivity index (χ0n) is 11.2. The van der Waals surface area contributed by atoms with Crippen molar-refractivity contribution in [2.45, 2.75) is 6.54 Å². The van der Waals surface area contributed by atoms with Crippen LogP contribution in [-0.4, -0.2) is 13.1 Å². The van der Waals surface area contributed by atoms with E-state index in [2.05, 4.69) is 21.2 Å². The van der Waals surface area contributed by atoms with Crippen molar-refractivity contribution in [3.05, 3.63) is 57.8 Å². The van der Waals surface area contributed by atoms with Crippen LogP contribution in [0.4, 0.5) is 15.8 Å². The molecule has 0 unspecified atom stereocenters. The number of nitrogens with one attached hydrogen (secondary N) is 1. The summed E-state index contributed by atoms with van der Waals surface area (Å²) in [5.41, 5.74) is 2.92. The predicted molar refractivity (Wildman–Crippen MR) is 84.0 cm³/mol. The quantitative estimate of drug-likeness (QED) is 0.856. The first-order chi connectivity index (χ1) is 10.2. The van der Waals surface area contributed by atoms with E-state index in [1.54, 1.807) is 12.1 Å². The molecule has 2 aromatic carbocycles. The second-order valence-corrected chi connectivity index (χ2v) is 5.62. The molecule has 1 aliphatic heterocycles. The van der Waals surface area contributed by atoms with Crippen LogP contribution in [0.5, 0.6) is 0 Å². The summed E-state index contributed by atoms with van der Waals surface area (Å²) < 4.78 is 14.8. The van der Waals surface area contributed by atoms with E-state index >= 15 is 0 Å². The van der Waals surface area contributed by atoms with Crippen molar-refractivity contribution >= 4 is 27.3 Å². The summed E-state index contributed by atoms with van der Waals surface area (Å²) in [6.07, 6.45) is 0. The maximum atomic E-state index is 14.6. The summed E-state index contributed by atoms with van der Waals surface area (Å²) in [6.45, 7) is 2.21. The van der Waals surface area contributed by atoms with Gasteiger partial charge < -0.3 is 10.2 Å². The molecule has 5 heteroatoms. The molecule has 3 nitrogen and oxygen atoms in total. The molecule has 21 heavy (non-hydrogen) atoms. The molecule has 0 saturated heterocycles. The molecule has 1 aliphatic rings. The number of nitriles is 1. The maximum Gasteiger partial charge on any atom is 0.162 e. The molecule has 0 atom stereocenters. The van der Waals surface area contributed by atoms with Crippen molar-refractivity contribution in [3.63, 3.8) is 0 Å². The summed E-state index contributed by atoms with van der Waals surface area (Å²) >= 11 is 3.18. The monoisotopic (exact) mass is 345 g/mol. The Labute approximate surface area is 131 Å². The van der Waals surface area contributed by atoms with E-state index in [0.29, 0.717) is 17.8 Å². The first-order valence-corrected chi connectivity index (χ1v) is 7.46. The first kappa shape index (κ1) is 14.1. The topological polar surface area (TPSA) is 39.1 Å². The van der Waals surface area contributed by atoms with Crippen molar-refractivity contribution in [1.29, 1.82) is 5.26 Å². The largest absolute Gasteiger partial charge is 0.338 e. The van der Waals surface area contributed by atoms with Gasteiger partial charge in [-0.1, -0.05) is 18.2 Å². The van der Waals surface area contributed by atoms with Gasteiger partial charge in [0.25, 0.3) is 0 Å². The van der Waals surface area contributed by atoms with Crippen LogP contribution in [-0.2, 0) is 6.54 Å². The number of hydrogen-bond donors (Lipinski definition) is 1. The third-order valence-electron chi connectivity index (χ3n) is 3.58. The second-order valence-electron chi connectivity index (χ2n) is 4.83. The number of rotatable bonds is 1. The lowest BCUT2D eigenvalue weighted by molar-refractivity contribution is 0.616. The smallest absolute Gasteiger partial charge is 0.162 e. The SMILES string of the molecule is N#Cc1ccc(N2CCNCc3ccccc32)c(F)c1Br. The first-order valence-electron chi connectivity index (χ1n) is 6.66. The van der Waals surface area contributed by atoms with E-state index in [9.17, 15) is 4.39 Å². The Bertz CT molecular complexity index is 724. The molecule has 106 valence electrons. The summed E-state index contributed by atoms with van der Waals surface area (Å²) in [7, 11) is 0. The van der Waals surface area contributed by atoms with Gasteiger partial charge in [-0.15, -0.1) is 0 Å². The molecule has 2 aromatic rings. The Morgan fingerprint density at radius 3 is 2.81 bits per heavy atom. The molecule has 1 heterocycles. The standard InChI is InChI=1S/C16H13BrFN3/c17-15-11(9-19)5-6-14(16(15)18)21-8-7-20-10-12-3-1-2-4-13(12)21/h1-6,20H,7-8,10H2. The zero-order chi connectivity index (χ0) is 14.8. The highest BCUT2D eigenvalue weighted by Gasteiger charge is 2.21. The summed E-state index contributed by atoms with van der Waals surface area (Å²) in [6, 6.07) is 13.3. The number of hydrogen-bond acceptors (Lipinski definition) is 3. The molecular formula is C16H13BrFN3. The number of halogens is 2. The van der Waals surface area contributed by atoms with Crippen LogP contribution in [0, 0.1) is 17.1 Å². The third-order valence-corrected chi connectivity index (χ3v) is 4.36. The Balaban J connectivity index is 2.13. The van der Waals surface area contributed by atoms with Gasteiger partial charge in [0, 0.05) is 25.3 Å². The van der Waals surface area contributed by atoms with Gasteiger partial charge in [-0.05, 0) is 39.7 Å². The summed E-state index contributed by atoms with van der Waals surface area (Å²) in [4.78, 5) is 1.95. The van der Waals surface area contributed by atoms with E-state index < -0.39 is 5.82 Å². The van der Waals surface area contributed by atoms with Gasteiger partial charge in [0.15, 0.2) is 5.82 Å². The third kappa shape index (κ3) is 2.53. The number of nitrogens with zero attached hydrogens (tertiary/aromatic N) is 2. The summed E-state index contributed by atoms with van der Waals surface area (Å²) in [5, 5.41) is 12.3. The highest BCUT2D eigenvalue weighted by atomic mass is 79.9. The van der Waals surface area contributed by atoms with Crippen molar-refractivity contribution in [1.82, 2.24) is 5.32 Å². The molecule has 0 aromatic heterocycles. The van der Waals surface area contributed by atoms with Crippen LogP contribution in [0.2, 0.25) is 0 Å². The molecule has 0 amide bonds. The molecule has 0 radical (unpaired) electrons. The van der Waals surface area contributed by atoms with E-state index in [1.165, 1.54) is 0 Å². The van der Waals surface area contributed by atoms with Crippen molar-refractivity contribution in [3.8, 4) is 6.07 Å². The number of para-hydroxylation sites is 1. The molecule has 0 bridgehead atoms. The zero-order valence-corrected chi connectivity index (χ0v) is 12.8. The highest BCUT2D eigenvalue weighted by Crippen LogP contribution is 2.35. The van der Waals surface area contributed by atoms with Crippen LogP contribution in [0.25, 0.3) is 0 Å². The van der Waals surface area contributed by atoms with Crippen LogP contribution < -0.4 is 10.2 Å². The molecule has 0 saturated carbocycles. The van der Waals surface area contributed by atoms with Gasteiger partial charge in [-0.3, -0.25) is 0 Å². The van der Waals surface area contributed by atoms with Crippen LogP contribution >= 0.6 is 15.9 Å². The van der Waals surface area contributed by atoms with Gasteiger partial charge in [0.05, 0.1) is 15.7 Å². The average Bonchev–Trinajstić information content (AvgIpc) is 2.72. The number of anilines is 2. The molecule has 3 rings (SSSR count).